The van der Waals surface area contributed by atoms with Gasteiger partial charge in [0.2, 0.25) is 5.91 Å². The van der Waals surface area contributed by atoms with Crippen molar-refractivity contribution in [3.05, 3.63) is 88.0 Å². The molecule has 0 aliphatic carbocycles. The molecule has 31 heavy (non-hydrogen) atoms. The highest BCUT2D eigenvalue weighted by Gasteiger charge is 2.26. The summed E-state index contributed by atoms with van der Waals surface area (Å²) in [7, 11) is 0. The number of benzene rings is 2. The van der Waals surface area contributed by atoms with Crippen molar-refractivity contribution in [2.75, 3.05) is 18.0 Å². The first-order valence-electron chi connectivity index (χ1n) is 10.4. The Morgan fingerprint density at radius 1 is 1.10 bits per heavy atom. The molecule has 160 valence electrons. The molecule has 0 bridgehead atoms. The minimum Gasteiger partial charge on any atom is -0.354 e. The van der Waals surface area contributed by atoms with Gasteiger partial charge in [-0.3, -0.25) is 9.59 Å². The molecular formula is C24H25FN4O2. The predicted molar refractivity (Wildman–Crippen MR) is 118 cm³/mol. The Balaban J connectivity index is 1.45. The Bertz CT molecular complexity index is 1110. The molecule has 0 unspecified atom stereocenters. The molecule has 1 N–H and O–H groups in total. The summed E-state index contributed by atoms with van der Waals surface area (Å²) in [5.41, 5.74) is 2.46. The van der Waals surface area contributed by atoms with E-state index in [4.69, 9.17) is 0 Å². The third-order valence-corrected chi connectivity index (χ3v) is 5.56. The van der Waals surface area contributed by atoms with Crippen molar-refractivity contribution in [1.29, 1.82) is 0 Å². The first-order chi connectivity index (χ1) is 15.0. The lowest BCUT2D eigenvalue weighted by molar-refractivity contribution is -0.125. The van der Waals surface area contributed by atoms with Crippen molar-refractivity contribution in [2.24, 2.45) is 5.92 Å². The number of hydrogen-bond acceptors (Lipinski definition) is 4. The van der Waals surface area contributed by atoms with Gasteiger partial charge in [0.1, 0.15) is 11.6 Å². The second kappa shape index (κ2) is 9.12. The molecule has 1 aliphatic rings. The van der Waals surface area contributed by atoms with Crippen LogP contribution in [0.1, 0.15) is 24.0 Å². The number of aromatic nitrogens is 2. The van der Waals surface area contributed by atoms with Gasteiger partial charge in [-0.25, -0.2) is 4.39 Å². The predicted octanol–water partition coefficient (Wildman–Crippen LogP) is 3.21. The van der Waals surface area contributed by atoms with Gasteiger partial charge in [-0.1, -0.05) is 29.8 Å². The molecule has 7 heteroatoms. The Labute approximate surface area is 180 Å². The van der Waals surface area contributed by atoms with Crippen molar-refractivity contribution >= 4 is 11.7 Å². The first-order valence-corrected chi connectivity index (χ1v) is 10.4. The zero-order valence-corrected chi connectivity index (χ0v) is 17.4. The molecule has 1 aliphatic heterocycles. The first kappa shape index (κ1) is 20.8. The lowest BCUT2D eigenvalue weighted by Crippen LogP contribution is -2.43. The number of carbonyl (C=O) groups excluding carboxylic acids is 1. The molecule has 1 atom stereocenters. The van der Waals surface area contributed by atoms with E-state index < -0.39 is 0 Å². The fourth-order valence-electron chi connectivity index (χ4n) is 3.78. The normalized spacial score (nSPS) is 16.2. The molecular weight excluding hydrogens is 395 g/mol. The number of halogens is 1. The largest absolute Gasteiger partial charge is 0.354 e. The molecule has 0 radical (unpaired) electrons. The van der Waals surface area contributed by atoms with Crippen LogP contribution in [0.2, 0.25) is 0 Å². The van der Waals surface area contributed by atoms with Crippen LogP contribution in [0.3, 0.4) is 0 Å². The number of nitrogens with zero attached hydrogens (tertiary/aromatic N) is 3. The number of amides is 1. The van der Waals surface area contributed by atoms with Gasteiger partial charge in [0.25, 0.3) is 5.56 Å². The third kappa shape index (κ3) is 4.99. The standard InChI is InChI=1S/C24H25FN4O2/c1-17-4-6-18(7-5-17)15-26-24(31)19-3-2-14-28(16-19)22-12-13-23(30)29(27-22)21-10-8-20(25)9-11-21/h4-13,19H,2-3,14-16H2,1H3,(H,26,31)/t19-/m1/s1. The zero-order chi connectivity index (χ0) is 21.8. The summed E-state index contributed by atoms with van der Waals surface area (Å²) in [6.45, 7) is 3.83. The van der Waals surface area contributed by atoms with Crippen LogP contribution in [0.5, 0.6) is 0 Å². The van der Waals surface area contributed by atoms with E-state index in [0.29, 0.717) is 24.6 Å². The summed E-state index contributed by atoms with van der Waals surface area (Å²) in [5.74, 6) is 0.132. The van der Waals surface area contributed by atoms with E-state index in [1.165, 1.54) is 40.6 Å². The van der Waals surface area contributed by atoms with E-state index in [2.05, 4.69) is 10.4 Å². The molecule has 6 nitrogen and oxygen atoms in total. The van der Waals surface area contributed by atoms with Crippen molar-refractivity contribution in [2.45, 2.75) is 26.3 Å². The molecule has 2 heterocycles. The number of carbonyl (C=O) groups is 1. The Kier molecular flexibility index (Phi) is 6.11. The van der Waals surface area contributed by atoms with Gasteiger partial charge in [0, 0.05) is 25.7 Å². The average Bonchev–Trinajstić information content (AvgIpc) is 2.79. The van der Waals surface area contributed by atoms with E-state index in [1.54, 1.807) is 6.07 Å². The number of anilines is 1. The lowest BCUT2D eigenvalue weighted by atomic mass is 9.97. The summed E-state index contributed by atoms with van der Waals surface area (Å²) < 4.78 is 14.5. The van der Waals surface area contributed by atoms with Gasteiger partial charge in [0.15, 0.2) is 0 Å². The summed E-state index contributed by atoms with van der Waals surface area (Å²) in [4.78, 5) is 27.0. The molecule has 3 aromatic rings. The molecule has 4 rings (SSSR count). The van der Waals surface area contributed by atoms with Crippen LogP contribution in [0, 0.1) is 18.7 Å². The Morgan fingerprint density at radius 3 is 2.58 bits per heavy atom. The zero-order valence-electron chi connectivity index (χ0n) is 17.4. The molecule has 0 saturated carbocycles. The third-order valence-electron chi connectivity index (χ3n) is 5.56. The minimum absolute atomic E-state index is 0.0251. The smallest absolute Gasteiger partial charge is 0.271 e. The van der Waals surface area contributed by atoms with Crippen molar-refractivity contribution in [1.82, 2.24) is 15.1 Å². The van der Waals surface area contributed by atoms with Crippen LogP contribution in [0.4, 0.5) is 10.2 Å². The summed E-state index contributed by atoms with van der Waals surface area (Å²) in [5, 5.41) is 7.50. The minimum atomic E-state index is -0.372. The molecule has 2 aromatic carbocycles. The van der Waals surface area contributed by atoms with Gasteiger partial charge >= 0.3 is 0 Å². The summed E-state index contributed by atoms with van der Waals surface area (Å²) in [6.07, 6.45) is 1.67. The van der Waals surface area contributed by atoms with Crippen molar-refractivity contribution in [3.8, 4) is 5.69 Å². The number of piperidine rings is 1. The maximum atomic E-state index is 13.2. The Hall–Kier alpha value is -3.48. The van der Waals surface area contributed by atoms with Crippen LogP contribution >= 0.6 is 0 Å². The van der Waals surface area contributed by atoms with Gasteiger partial charge < -0.3 is 10.2 Å². The van der Waals surface area contributed by atoms with Crippen LogP contribution < -0.4 is 15.8 Å². The Morgan fingerprint density at radius 2 is 1.84 bits per heavy atom. The summed E-state index contributed by atoms with van der Waals surface area (Å²) >= 11 is 0. The lowest BCUT2D eigenvalue weighted by Gasteiger charge is -2.33. The second-order valence-electron chi connectivity index (χ2n) is 7.91. The van der Waals surface area contributed by atoms with Gasteiger partial charge in [-0.15, -0.1) is 5.10 Å². The SMILES string of the molecule is Cc1ccc(CNC(=O)[C@@H]2CCCN(c3ccc(=O)n(-c4ccc(F)cc4)n3)C2)cc1. The van der Waals surface area contributed by atoms with Crippen LogP contribution in [-0.4, -0.2) is 28.8 Å². The fraction of sp³-hybridized carbons (Fsp3) is 0.292. The van der Waals surface area contributed by atoms with E-state index >= 15 is 0 Å². The van der Waals surface area contributed by atoms with E-state index in [9.17, 15) is 14.0 Å². The summed E-state index contributed by atoms with van der Waals surface area (Å²) in [6, 6.07) is 16.9. The molecule has 0 spiro atoms. The highest BCUT2D eigenvalue weighted by molar-refractivity contribution is 5.79. The molecule has 1 saturated heterocycles. The van der Waals surface area contributed by atoms with E-state index in [-0.39, 0.29) is 23.2 Å². The van der Waals surface area contributed by atoms with E-state index in [1.807, 2.05) is 36.1 Å². The van der Waals surface area contributed by atoms with Crippen LogP contribution in [0.15, 0.2) is 65.5 Å². The maximum absolute atomic E-state index is 13.2. The van der Waals surface area contributed by atoms with Crippen molar-refractivity contribution < 1.29 is 9.18 Å². The van der Waals surface area contributed by atoms with Gasteiger partial charge in [-0.2, -0.15) is 4.68 Å². The topological polar surface area (TPSA) is 67.2 Å². The molecule has 1 aromatic heterocycles. The highest BCUT2D eigenvalue weighted by Crippen LogP contribution is 2.22. The highest BCUT2D eigenvalue weighted by atomic mass is 19.1. The molecule has 1 fully saturated rings. The number of hydrogen-bond donors (Lipinski definition) is 1. The van der Waals surface area contributed by atoms with Gasteiger partial charge in [-0.05, 0) is 55.7 Å². The van der Waals surface area contributed by atoms with E-state index in [0.717, 1.165) is 24.9 Å². The van der Waals surface area contributed by atoms with Gasteiger partial charge in [0.05, 0.1) is 11.6 Å². The monoisotopic (exact) mass is 420 g/mol. The van der Waals surface area contributed by atoms with Crippen molar-refractivity contribution in [3.63, 3.8) is 0 Å². The van der Waals surface area contributed by atoms with Crippen LogP contribution in [-0.2, 0) is 11.3 Å². The number of nitrogens with one attached hydrogen (secondary N) is 1. The number of aryl methyl sites for hydroxylation is 1. The quantitative estimate of drug-likeness (QED) is 0.688. The second-order valence-corrected chi connectivity index (χ2v) is 7.91. The molecule has 1 amide bonds. The van der Waals surface area contributed by atoms with Crippen LogP contribution in [0.25, 0.3) is 5.69 Å². The fourth-order valence-corrected chi connectivity index (χ4v) is 3.78. The average molecular weight is 420 g/mol. The maximum Gasteiger partial charge on any atom is 0.271 e. The number of rotatable bonds is 5.